The number of aromatic nitrogens is 2. The molecule has 0 spiro atoms. The maximum Gasteiger partial charge on any atom is 0.274 e. The Labute approximate surface area is 162 Å². The minimum Gasteiger partial charge on any atom is -0.489 e. The Bertz CT molecular complexity index is 1010. The number of hydrogen-bond donors (Lipinski definition) is 2. The van der Waals surface area contributed by atoms with E-state index in [4.69, 9.17) is 9.94 Å². The van der Waals surface area contributed by atoms with Crippen molar-refractivity contribution < 1.29 is 14.7 Å². The van der Waals surface area contributed by atoms with Gasteiger partial charge in [-0.05, 0) is 56.8 Å². The van der Waals surface area contributed by atoms with Gasteiger partial charge in [0.1, 0.15) is 11.9 Å². The van der Waals surface area contributed by atoms with Crippen LogP contribution in [0.5, 0.6) is 5.75 Å². The van der Waals surface area contributed by atoms with Gasteiger partial charge in [0.15, 0.2) is 0 Å². The van der Waals surface area contributed by atoms with Gasteiger partial charge in [-0.3, -0.25) is 15.0 Å². The summed E-state index contributed by atoms with van der Waals surface area (Å²) in [4.78, 5) is 23.0. The molecule has 2 N–H and O–H groups in total. The summed E-state index contributed by atoms with van der Waals surface area (Å²) in [7, 11) is 2.11. The van der Waals surface area contributed by atoms with Crippen LogP contribution in [0.25, 0.3) is 22.3 Å². The fourth-order valence-corrected chi connectivity index (χ4v) is 3.49. The van der Waals surface area contributed by atoms with E-state index in [1.807, 2.05) is 24.3 Å². The van der Waals surface area contributed by atoms with Crippen molar-refractivity contribution in [3.8, 4) is 17.0 Å². The van der Waals surface area contributed by atoms with Gasteiger partial charge in [-0.2, -0.15) is 0 Å². The fourth-order valence-electron chi connectivity index (χ4n) is 3.49. The summed E-state index contributed by atoms with van der Waals surface area (Å²) in [5.74, 6) is 0.232. The van der Waals surface area contributed by atoms with Crippen LogP contribution in [0, 0.1) is 0 Å². The number of piperidine rings is 1. The number of amides is 1. The van der Waals surface area contributed by atoms with Gasteiger partial charge in [-0.1, -0.05) is 12.1 Å². The lowest BCUT2D eigenvalue weighted by atomic mass is 10.1. The van der Waals surface area contributed by atoms with Gasteiger partial charge in [-0.25, -0.2) is 10.5 Å². The van der Waals surface area contributed by atoms with Gasteiger partial charge in [-0.15, -0.1) is 0 Å². The number of hydrogen-bond acceptors (Lipinski definition) is 6. The van der Waals surface area contributed by atoms with E-state index in [9.17, 15) is 4.79 Å². The van der Waals surface area contributed by atoms with Crippen molar-refractivity contribution in [3.05, 3.63) is 54.2 Å². The molecule has 7 heteroatoms. The molecule has 28 heavy (non-hydrogen) atoms. The second kappa shape index (κ2) is 7.92. The Kier molecular flexibility index (Phi) is 5.18. The molecule has 0 bridgehead atoms. The average Bonchev–Trinajstić information content (AvgIpc) is 2.72. The van der Waals surface area contributed by atoms with E-state index in [0.717, 1.165) is 37.2 Å². The highest BCUT2D eigenvalue weighted by Gasteiger charge is 2.18. The molecule has 7 nitrogen and oxygen atoms in total. The van der Waals surface area contributed by atoms with Crippen LogP contribution in [0.2, 0.25) is 0 Å². The molecule has 4 rings (SSSR count). The van der Waals surface area contributed by atoms with Crippen molar-refractivity contribution in [1.29, 1.82) is 0 Å². The van der Waals surface area contributed by atoms with Crippen molar-refractivity contribution >= 4 is 16.9 Å². The van der Waals surface area contributed by atoms with Gasteiger partial charge in [0.05, 0.1) is 22.9 Å². The third kappa shape index (κ3) is 3.95. The quantitative estimate of drug-likeness (QED) is 0.536. The molecule has 1 fully saturated rings. The maximum absolute atomic E-state index is 11.6. The SMILES string of the molecule is CN1CCCC(Oc2cccc(-c3cnc4ccc(C(=O)NO)cc4n3)c2)C1. The molecule has 0 radical (unpaired) electrons. The van der Waals surface area contributed by atoms with Crippen LogP contribution in [0.1, 0.15) is 23.2 Å². The van der Waals surface area contributed by atoms with Crippen molar-refractivity contribution in [2.45, 2.75) is 18.9 Å². The smallest absolute Gasteiger partial charge is 0.274 e. The molecule has 1 unspecified atom stereocenters. The van der Waals surface area contributed by atoms with Crippen LogP contribution in [0.4, 0.5) is 0 Å². The molecule has 2 heterocycles. The van der Waals surface area contributed by atoms with Crippen LogP contribution in [-0.2, 0) is 0 Å². The lowest BCUT2D eigenvalue weighted by Gasteiger charge is -2.30. The molecule has 0 aliphatic carbocycles. The molecule has 1 aliphatic rings. The number of hydroxylamine groups is 1. The molecule has 1 aliphatic heterocycles. The fraction of sp³-hybridized carbons (Fsp3) is 0.286. The highest BCUT2D eigenvalue weighted by molar-refractivity contribution is 5.96. The summed E-state index contributed by atoms with van der Waals surface area (Å²) in [5, 5.41) is 8.82. The molecule has 3 aromatic rings. The number of nitrogens with one attached hydrogen (secondary N) is 1. The summed E-state index contributed by atoms with van der Waals surface area (Å²) < 4.78 is 6.17. The largest absolute Gasteiger partial charge is 0.489 e. The number of fused-ring (bicyclic) bond motifs is 1. The maximum atomic E-state index is 11.6. The number of nitrogens with zero attached hydrogens (tertiary/aromatic N) is 3. The Hall–Kier alpha value is -3.03. The minimum atomic E-state index is -0.582. The summed E-state index contributed by atoms with van der Waals surface area (Å²) in [6.07, 6.45) is 4.10. The number of ether oxygens (including phenoxy) is 1. The van der Waals surface area contributed by atoms with Crippen LogP contribution in [0.3, 0.4) is 0 Å². The zero-order valence-corrected chi connectivity index (χ0v) is 15.6. The number of carbonyl (C=O) groups excluding carboxylic acids is 1. The van der Waals surface area contributed by atoms with Crippen molar-refractivity contribution in [2.24, 2.45) is 0 Å². The second-order valence-electron chi connectivity index (χ2n) is 7.07. The average molecular weight is 378 g/mol. The van der Waals surface area contributed by atoms with Crippen molar-refractivity contribution in [3.63, 3.8) is 0 Å². The normalized spacial score (nSPS) is 17.4. The number of likely N-dealkylation sites (N-methyl/N-ethyl adjacent to an activating group) is 1. The molecule has 0 saturated carbocycles. The Morgan fingerprint density at radius 2 is 2.14 bits per heavy atom. The topological polar surface area (TPSA) is 87.6 Å². The Morgan fingerprint density at radius 1 is 1.25 bits per heavy atom. The monoisotopic (exact) mass is 378 g/mol. The van der Waals surface area contributed by atoms with Gasteiger partial charge < -0.3 is 9.64 Å². The van der Waals surface area contributed by atoms with Gasteiger partial charge in [0, 0.05) is 17.7 Å². The lowest BCUT2D eigenvalue weighted by Crippen LogP contribution is -2.38. The molecular weight excluding hydrogens is 356 g/mol. The number of carbonyl (C=O) groups is 1. The zero-order valence-electron chi connectivity index (χ0n) is 15.6. The summed E-state index contributed by atoms with van der Waals surface area (Å²) in [5.41, 5.74) is 4.80. The Morgan fingerprint density at radius 3 is 2.96 bits per heavy atom. The van der Waals surface area contributed by atoms with Gasteiger partial charge in [0.2, 0.25) is 0 Å². The highest BCUT2D eigenvalue weighted by Crippen LogP contribution is 2.25. The minimum absolute atomic E-state index is 0.191. The number of likely N-dealkylation sites (tertiary alicyclic amines) is 1. The van der Waals surface area contributed by atoms with Crippen LogP contribution < -0.4 is 10.2 Å². The van der Waals surface area contributed by atoms with Crippen molar-refractivity contribution in [2.75, 3.05) is 20.1 Å². The first kappa shape index (κ1) is 18.3. The van der Waals surface area contributed by atoms with E-state index in [1.54, 1.807) is 29.9 Å². The first-order valence-corrected chi connectivity index (χ1v) is 9.29. The summed E-state index contributed by atoms with van der Waals surface area (Å²) in [6.45, 7) is 2.04. The number of rotatable bonds is 4. The van der Waals surface area contributed by atoms with Crippen LogP contribution in [-0.4, -0.2) is 52.2 Å². The first-order chi connectivity index (χ1) is 13.6. The third-order valence-corrected chi connectivity index (χ3v) is 4.92. The standard InChI is InChI=1S/C21H22N4O3/c1-25-9-3-6-17(13-25)28-16-5-2-4-14(10-16)20-12-22-18-8-7-15(21(26)24-27)11-19(18)23-20/h2,4-5,7-8,10-12,17,27H,3,6,9,13H2,1H3,(H,24,26). The van der Waals surface area contributed by atoms with Crippen LogP contribution in [0.15, 0.2) is 48.7 Å². The molecule has 1 aromatic heterocycles. The summed E-state index contributed by atoms with van der Waals surface area (Å²) in [6, 6.07) is 12.7. The van der Waals surface area contributed by atoms with E-state index < -0.39 is 5.91 Å². The molecule has 2 aromatic carbocycles. The van der Waals surface area contributed by atoms with Gasteiger partial charge in [0.25, 0.3) is 5.91 Å². The van der Waals surface area contributed by atoms with Crippen LogP contribution >= 0.6 is 0 Å². The predicted molar refractivity (Wildman–Crippen MR) is 105 cm³/mol. The third-order valence-electron chi connectivity index (χ3n) is 4.92. The lowest BCUT2D eigenvalue weighted by molar-refractivity contribution is 0.0706. The van der Waals surface area contributed by atoms with Gasteiger partial charge >= 0.3 is 0 Å². The summed E-state index contributed by atoms with van der Waals surface area (Å²) >= 11 is 0. The van der Waals surface area contributed by atoms with E-state index in [2.05, 4.69) is 21.9 Å². The van der Waals surface area contributed by atoms with E-state index >= 15 is 0 Å². The molecule has 1 saturated heterocycles. The predicted octanol–water partition coefficient (Wildman–Crippen LogP) is 2.89. The molecular formula is C21H22N4O3. The number of benzene rings is 2. The second-order valence-corrected chi connectivity index (χ2v) is 7.07. The van der Waals surface area contributed by atoms with E-state index in [-0.39, 0.29) is 6.10 Å². The molecule has 1 atom stereocenters. The Balaban J connectivity index is 1.61. The zero-order chi connectivity index (χ0) is 19.5. The molecule has 1 amide bonds. The van der Waals surface area contributed by atoms with E-state index in [0.29, 0.717) is 22.3 Å². The van der Waals surface area contributed by atoms with E-state index in [1.165, 1.54) is 0 Å². The first-order valence-electron chi connectivity index (χ1n) is 9.29. The van der Waals surface area contributed by atoms with Crippen molar-refractivity contribution in [1.82, 2.24) is 20.3 Å². The highest BCUT2D eigenvalue weighted by atomic mass is 16.5. The molecule has 144 valence electrons.